The van der Waals surface area contributed by atoms with Crippen LogP contribution in [0.4, 0.5) is 14.5 Å². The maximum Gasteiger partial charge on any atom is 0.280 e. The van der Waals surface area contributed by atoms with Crippen LogP contribution >= 0.6 is 11.6 Å². The maximum absolute atomic E-state index is 14.9. The summed E-state index contributed by atoms with van der Waals surface area (Å²) in [6.07, 6.45) is 2.36. The Hall–Kier alpha value is -3.59. The third-order valence-corrected chi connectivity index (χ3v) is 8.04. The second kappa shape index (κ2) is 9.06. The van der Waals surface area contributed by atoms with Gasteiger partial charge in [0.1, 0.15) is 11.4 Å². The second-order valence-corrected chi connectivity index (χ2v) is 10.4. The van der Waals surface area contributed by atoms with Gasteiger partial charge in [0, 0.05) is 64.6 Å². The van der Waals surface area contributed by atoms with Crippen LogP contribution in [0.1, 0.15) is 47.8 Å². The minimum Gasteiger partial charge on any atom is -0.398 e. The van der Waals surface area contributed by atoms with Gasteiger partial charge >= 0.3 is 0 Å². The molecule has 5 rings (SSSR count). The van der Waals surface area contributed by atoms with E-state index < -0.39 is 6.43 Å². The predicted octanol–water partition coefficient (Wildman–Crippen LogP) is 5.75. The van der Waals surface area contributed by atoms with Gasteiger partial charge in [-0.1, -0.05) is 18.2 Å². The van der Waals surface area contributed by atoms with Crippen molar-refractivity contribution in [1.29, 1.82) is 5.41 Å². The van der Waals surface area contributed by atoms with Crippen LogP contribution in [-0.4, -0.2) is 44.9 Å². The molecule has 1 amide bonds. The zero-order valence-electron chi connectivity index (χ0n) is 20.6. The Balaban J connectivity index is 1.69. The highest BCUT2D eigenvalue weighted by Gasteiger charge is 2.55. The number of nitrogens with one attached hydrogen (secondary N) is 1. The third-order valence-electron chi connectivity index (χ3n) is 7.55. The van der Waals surface area contributed by atoms with Gasteiger partial charge in [-0.2, -0.15) is 5.10 Å². The SMILES string of the molecule is C=CC(=O)N1CC2(CC(n3nc(-c4cccnc4C)c(-c4c(Cl)c(C)cc(N)c4C=N)c3C(F)F)C2)C1. The van der Waals surface area contributed by atoms with Crippen molar-refractivity contribution in [3.05, 3.63) is 64.6 Å². The van der Waals surface area contributed by atoms with Gasteiger partial charge in [0.2, 0.25) is 5.91 Å². The molecule has 1 aliphatic carbocycles. The summed E-state index contributed by atoms with van der Waals surface area (Å²) in [6, 6.07) is 4.89. The van der Waals surface area contributed by atoms with E-state index >= 15 is 0 Å². The molecule has 2 fully saturated rings. The van der Waals surface area contributed by atoms with E-state index in [0.29, 0.717) is 48.4 Å². The molecule has 1 spiro atoms. The molecule has 37 heavy (non-hydrogen) atoms. The van der Waals surface area contributed by atoms with E-state index in [-0.39, 0.29) is 50.5 Å². The van der Waals surface area contributed by atoms with Crippen LogP contribution in [0.5, 0.6) is 0 Å². The highest BCUT2D eigenvalue weighted by Crippen LogP contribution is 2.56. The lowest BCUT2D eigenvalue weighted by molar-refractivity contribution is -0.149. The number of rotatable bonds is 6. The first-order valence-corrected chi connectivity index (χ1v) is 12.3. The van der Waals surface area contributed by atoms with Crippen molar-refractivity contribution < 1.29 is 13.6 Å². The fraction of sp³-hybridized carbons (Fsp3) is 0.333. The highest BCUT2D eigenvalue weighted by atomic mass is 35.5. The van der Waals surface area contributed by atoms with E-state index in [1.807, 2.05) is 0 Å². The van der Waals surface area contributed by atoms with Crippen LogP contribution < -0.4 is 5.73 Å². The van der Waals surface area contributed by atoms with Gasteiger partial charge in [-0.3, -0.25) is 14.5 Å². The number of carbonyl (C=O) groups excluding carboxylic acids is 1. The van der Waals surface area contributed by atoms with Crippen molar-refractivity contribution in [2.75, 3.05) is 18.8 Å². The number of anilines is 1. The first kappa shape index (κ1) is 25.1. The van der Waals surface area contributed by atoms with Crippen molar-refractivity contribution in [2.45, 2.75) is 39.2 Å². The van der Waals surface area contributed by atoms with E-state index in [2.05, 4.69) is 11.6 Å². The van der Waals surface area contributed by atoms with Gasteiger partial charge in [0.25, 0.3) is 6.43 Å². The molecule has 3 N–H and O–H groups in total. The second-order valence-electron chi connectivity index (χ2n) is 9.98. The molecule has 10 heteroatoms. The van der Waals surface area contributed by atoms with Crippen molar-refractivity contribution in [2.24, 2.45) is 5.41 Å². The Morgan fingerprint density at radius 2 is 2.03 bits per heavy atom. The van der Waals surface area contributed by atoms with Gasteiger partial charge in [-0.15, -0.1) is 0 Å². The molecule has 192 valence electrons. The Bertz CT molecular complexity index is 1440. The number of pyridine rings is 1. The number of carbonyl (C=O) groups is 1. The molecule has 0 radical (unpaired) electrons. The fourth-order valence-electron chi connectivity index (χ4n) is 5.76. The molecule has 0 unspecified atom stereocenters. The lowest BCUT2D eigenvalue weighted by Crippen LogP contribution is -2.63. The number of benzene rings is 1. The highest BCUT2D eigenvalue weighted by molar-refractivity contribution is 6.35. The number of halogens is 3. The number of aryl methyl sites for hydroxylation is 2. The van der Waals surface area contributed by atoms with E-state index in [4.69, 9.17) is 27.8 Å². The summed E-state index contributed by atoms with van der Waals surface area (Å²) in [5.41, 5.74) is 9.03. The molecular weight excluding hydrogens is 498 g/mol. The topological polar surface area (TPSA) is 101 Å². The minimum atomic E-state index is -2.86. The summed E-state index contributed by atoms with van der Waals surface area (Å²) in [6.45, 7) is 8.24. The van der Waals surface area contributed by atoms with Gasteiger partial charge < -0.3 is 16.0 Å². The third kappa shape index (κ3) is 3.92. The number of nitrogens with zero attached hydrogens (tertiary/aromatic N) is 4. The van der Waals surface area contributed by atoms with E-state index in [9.17, 15) is 13.6 Å². The molecular formula is C27H27ClF2N6O. The van der Waals surface area contributed by atoms with Crippen molar-refractivity contribution in [3.8, 4) is 22.4 Å². The fourth-order valence-corrected chi connectivity index (χ4v) is 6.01. The largest absolute Gasteiger partial charge is 0.398 e. The number of hydrogen-bond donors (Lipinski definition) is 2. The van der Waals surface area contributed by atoms with Crippen LogP contribution in [0.2, 0.25) is 5.02 Å². The van der Waals surface area contributed by atoms with Gasteiger partial charge in [0.05, 0.1) is 11.1 Å². The molecule has 0 bridgehead atoms. The smallest absolute Gasteiger partial charge is 0.280 e. The average Bonchev–Trinajstić information content (AvgIpc) is 3.19. The molecule has 1 saturated heterocycles. The summed E-state index contributed by atoms with van der Waals surface area (Å²) < 4.78 is 31.3. The van der Waals surface area contributed by atoms with Gasteiger partial charge in [-0.05, 0) is 56.5 Å². The number of alkyl halides is 2. The predicted molar refractivity (Wildman–Crippen MR) is 140 cm³/mol. The quantitative estimate of drug-likeness (QED) is 0.243. The van der Waals surface area contributed by atoms with Crippen LogP contribution in [0, 0.1) is 24.7 Å². The summed E-state index contributed by atoms with van der Waals surface area (Å²) in [4.78, 5) is 18.0. The number of hydrogen-bond acceptors (Lipinski definition) is 5. The van der Waals surface area contributed by atoms with Crippen LogP contribution in [0.15, 0.2) is 37.1 Å². The Kier molecular flexibility index (Phi) is 6.14. The Labute approximate surface area is 218 Å². The zero-order chi connectivity index (χ0) is 26.6. The molecule has 1 aromatic carbocycles. The number of aromatic nitrogens is 3. The van der Waals surface area contributed by atoms with Crippen molar-refractivity contribution in [1.82, 2.24) is 19.7 Å². The standard InChI is InChI=1S/C27H27ClF2N6O/c1-4-20(37)35-12-27(13-35)9-16(10-27)36-25(26(29)30)22(24(34-36)17-6-5-7-33-15(17)3)21-18(11-31)19(32)8-14(2)23(21)28/h4-8,11,16,26,31H,1,9-10,12-13,32H2,2-3H3. The lowest BCUT2D eigenvalue weighted by Gasteiger charge is -2.58. The molecule has 3 heterocycles. The van der Waals surface area contributed by atoms with Crippen LogP contribution in [0.3, 0.4) is 0 Å². The Morgan fingerprint density at radius 1 is 1.32 bits per heavy atom. The number of likely N-dealkylation sites (tertiary alicyclic amines) is 1. The first-order chi connectivity index (χ1) is 17.6. The molecule has 3 aromatic rings. The van der Waals surface area contributed by atoms with E-state index in [1.54, 1.807) is 43.1 Å². The van der Waals surface area contributed by atoms with E-state index in [1.165, 1.54) is 10.8 Å². The van der Waals surface area contributed by atoms with Crippen molar-refractivity contribution in [3.63, 3.8) is 0 Å². The summed E-state index contributed by atoms with van der Waals surface area (Å²) in [5.74, 6) is -0.121. The average molecular weight is 525 g/mol. The number of nitrogen functional groups attached to an aromatic ring is 1. The molecule has 1 aliphatic heterocycles. The molecule has 7 nitrogen and oxygen atoms in total. The Morgan fingerprint density at radius 3 is 2.62 bits per heavy atom. The zero-order valence-corrected chi connectivity index (χ0v) is 21.3. The maximum atomic E-state index is 14.9. The van der Waals surface area contributed by atoms with Gasteiger partial charge in [-0.25, -0.2) is 8.78 Å². The normalized spacial score (nSPS) is 16.5. The first-order valence-electron chi connectivity index (χ1n) is 11.9. The van der Waals surface area contributed by atoms with Crippen LogP contribution in [-0.2, 0) is 4.79 Å². The van der Waals surface area contributed by atoms with E-state index in [0.717, 1.165) is 6.21 Å². The minimum absolute atomic E-state index is 0.0925. The monoisotopic (exact) mass is 524 g/mol. The number of amides is 1. The molecule has 0 atom stereocenters. The van der Waals surface area contributed by atoms with Crippen molar-refractivity contribution >= 4 is 29.4 Å². The van der Waals surface area contributed by atoms with Crippen LogP contribution in [0.25, 0.3) is 22.4 Å². The summed E-state index contributed by atoms with van der Waals surface area (Å²) in [5, 5.41) is 13.0. The summed E-state index contributed by atoms with van der Waals surface area (Å²) in [7, 11) is 0. The molecule has 2 aliphatic rings. The number of nitrogens with two attached hydrogens (primary N) is 1. The lowest BCUT2D eigenvalue weighted by atomic mass is 9.60. The molecule has 2 aromatic heterocycles. The molecule has 1 saturated carbocycles. The van der Waals surface area contributed by atoms with Gasteiger partial charge in [0.15, 0.2) is 0 Å². The summed E-state index contributed by atoms with van der Waals surface area (Å²) >= 11 is 6.73.